The van der Waals surface area contributed by atoms with Crippen LogP contribution in [-0.4, -0.2) is 34.5 Å². The van der Waals surface area contributed by atoms with E-state index < -0.39 is 0 Å². The number of carbonyl (C=O) groups excluding carboxylic acids is 1. The Morgan fingerprint density at radius 3 is 2.39 bits per heavy atom. The largest absolute Gasteiger partial charge is 0.359 e. The number of rotatable bonds is 6. The van der Waals surface area contributed by atoms with Gasteiger partial charge in [-0.1, -0.05) is 18.2 Å². The minimum Gasteiger partial charge on any atom is -0.359 e. The smallest absolute Gasteiger partial charge is 0.274 e. The first-order chi connectivity index (χ1) is 13.4. The lowest BCUT2D eigenvalue weighted by atomic mass is 10.1. The number of amides is 1. The maximum atomic E-state index is 12.8. The summed E-state index contributed by atoms with van der Waals surface area (Å²) in [7, 11) is 1.97. The summed E-state index contributed by atoms with van der Waals surface area (Å²) in [6.45, 7) is 6.53. The quantitative estimate of drug-likeness (QED) is 0.711. The molecule has 0 saturated heterocycles. The zero-order valence-electron chi connectivity index (χ0n) is 16.7. The first kappa shape index (κ1) is 19.5. The maximum absolute atomic E-state index is 12.8. The molecule has 0 atom stereocenters. The van der Waals surface area contributed by atoms with E-state index in [-0.39, 0.29) is 5.91 Å². The average molecular weight is 375 g/mol. The Hall–Kier alpha value is -3.28. The molecule has 0 saturated carbocycles. The normalized spacial score (nSPS) is 10.6. The van der Waals surface area contributed by atoms with Crippen molar-refractivity contribution < 1.29 is 4.79 Å². The van der Waals surface area contributed by atoms with Gasteiger partial charge < -0.3 is 10.2 Å². The van der Waals surface area contributed by atoms with Crippen molar-refractivity contribution in [3.63, 3.8) is 0 Å². The van der Waals surface area contributed by atoms with Crippen molar-refractivity contribution in [2.24, 2.45) is 0 Å². The second kappa shape index (κ2) is 8.61. The van der Waals surface area contributed by atoms with E-state index in [0.29, 0.717) is 11.5 Å². The van der Waals surface area contributed by atoms with Crippen molar-refractivity contribution in [3.05, 3.63) is 77.0 Å². The number of nitrogens with one attached hydrogen (secondary N) is 1. The monoisotopic (exact) mass is 375 g/mol. The zero-order valence-corrected chi connectivity index (χ0v) is 16.7. The minimum absolute atomic E-state index is 0.230. The lowest BCUT2D eigenvalue weighted by Crippen LogP contribution is -2.23. The standard InChI is InChI=1S/C22H25N5O/c1-15-6-5-7-16(2)21(15)26-22(28)19-14-20(25-17(3)24-19)27(4)13-10-18-8-11-23-12-9-18/h5-9,11-12,14H,10,13H2,1-4H3,(H,26,28). The van der Waals surface area contributed by atoms with Gasteiger partial charge in [-0.05, 0) is 56.0 Å². The number of pyridine rings is 1. The van der Waals surface area contributed by atoms with Crippen LogP contribution in [0.2, 0.25) is 0 Å². The van der Waals surface area contributed by atoms with Gasteiger partial charge in [0.25, 0.3) is 5.91 Å². The van der Waals surface area contributed by atoms with Gasteiger partial charge in [0, 0.05) is 37.7 Å². The van der Waals surface area contributed by atoms with Crippen LogP contribution in [0.4, 0.5) is 11.5 Å². The Morgan fingerprint density at radius 2 is 1.71 bits per heavy atom. The Labute approximate surface area is 165 Å². The van der Waals surface area contributed by atoms with E-state index >= 15 is 0 Å². The molecule has 6 nitrogen and oxygen atoms in total. The van der Waals surface area contributed by atoms with Crippen molar-refractivity contribution in [2.45, 2.75) is 27.2 Å². The molecule has 1 amide bonds. The highest BCUT2D eigenvalue weighted by molar-refractivity contribution is 6.04. The number of aromatic nitrogens is 3. The predicted molar refractivity (Wildman–Crippen MR) is 112 cm³/mol. The van der Waals surface area contributed by atoms with Gasteiger partial charge in [0.2, 0.25) is 0 Å². The van der Waals surface area contributed by atoms with Crippen molar-refractivity contribution >= 4 is 17.4 Å². The summed E-state index contributed by atoms with van der Waals surface area (Å²) in [6, 6.07) is 11.7. The molecule has 0 unspecified atom stereocenters. The molecule has 1 N–H and O–H groups in total. The molecule has 0 aliphatic carbocycles. The third-order valence-corrected chi connectivity index (χ3v) is 4.65. The van der Waals surface area contributed by atoms with Crippen LogP contribution < -0.4 is 10.2 Å². The molecule has 3 rings (SSSR count). The Balaban J connectivity index is 1.76. The molecule has 3 aromatic rings. The number of benzene rings is 1. The number of para-hydroxylation sites is 1. The summed E-state index contributed by atoms with van der Waals surface area (Å²) >= 11 is 0. The van der Waals surface area contributed by atoms with E-state index in [4.69, 9.17) is 0 Å². The highest BCUT2D eigenvalue weighted by Crippen LogP contribution is 2.21. The van der Waals surface area contributed by atoms with Crippen LogP contribution >= 0.6 is 0 Å². The molecule has 28 heavy (non-hydrogen) atoms. The van der Waals surface area contributed by atoms with E-state index in [0.717, 1.165) is 35.6 Å². The lowest BCUT2D eigenvalue weighted by molar-refractivity contribution is 0.102. The fourth-order valence-corrected chi connectivity index (χ4v) is 3.01. The van der Waals surface area contributed by atoms with Gasteiger partial charge in [0.15, 0.2) is 0 Å². The van der Waals surface area contributed by atoms with Crippen molar-refractivity contribution in [1.29, 1.82) is 0 Å². The lowest BCUT2D eigenvalue weighted by Gasteiger charge is -2.19. The zero-order chi connectivity index (χ0) is 20.1. The SMILES string of the molecule is Cc1nc(C(=O)Nc2c(C)cccc2C)cc(N(C)CCc2ccncc2)n1. The number of anilines is 2. The fourth-order valence-electron chi connectivity index (χ4n) is 3.01. The Kier molecular flexibility index (Phi) is 5.99. The summed E-state index contributed by atoms with van der Waals surface area (Å²) in [5.74, 6) is 1.07. The van der Waals surface area contributed by atoms with Crippen LogP contribution in [-0.2, 0) is 6.42 Å². The number of nitrogens with zero attached hydrogens (tertiary/aromatic N) is 4. The summed E-state index contributed by atoms with van der Waals surface area (Å²) in [4.78, 5) is 27.7. The minimum atomic E-state index is -0.230. The predicted octanol–water partition coefficient (Wildman–Crippen LogP) is 3.73. The van der Waals surface area contributed by atoms with E-state index in [9.17, 15) is 4.79 Å². The first-order valence-electron chi connectivity index (χ1n) is 9.27. The second-order valence-electron chi connectivity index (χ2n) is 6.91. The summed E-state index contributed by atoms with van der Waals surface area (Å²) in [6.07, 6.45) is 4.45. The van der Waals surface area contributed by atoms with Gasteiger partial charge in [0.1, 0.15) is 17.3 Å². The Bertz CT molecular complexity index is 952. The molecule has 0 fully saturated rings. The first-order valence-corrected chi connectivity index (χ1v) is 9.27. The van der Waals surface area contributed by atoms with E-state index in [2.05, 4.69) is 20.3 Å². The molecule has 2 heterocycles. The third-order valence-electron chi connectivity index (χ3n) is 4.65. The van der Waals surface area contributed by atoms with Crippen LogP contribution in [0.1, 0.15) is 33.0 Å². The van der Waals surface area contributed by atoms with Gasteiger partial charge in [-0.2, -0.15) is 0 Å². The van der Waals surface area contributed by atoms with Crippen molar-refractivity contribution in [1.82, 2.24) is 15.0 Å². The summed E-state index contributed by atoms with van der Waals surface area (Å²) in [5, 5.41) is 2.99. The van der Waals surface area contributed by atoms with Crippen LogP contribution in [0.3, 0.4) is 0 Å². The summed E-state index contributed by atoms with van der Waals surface area (Å²) in [5.41, 5.74) is 4.44. The van der Waals surface area contributed by atoms with E-state index in [1.807, 2.05) is 56.1 Å². The number of hydrogen-bond acceptors (Lipinski definition) is 5. The van der Waals surface area contributed by atoms with Crippen molar-refractivity contribution in [3.8, 4) is 0 Å². The number of likely N-dealkylation sites (N-methyl/N-ethyl adjacent to an activating group) is 1. The third kappa shape index (κ3) is 4.71. The van der Waals surface area contributed by atoms with E-state index in [1.54, 1.807) is 25.4 Å². The molecule has 1 aromatic carbocycles. The molecule has 144 valence electrons. The number of aryl methyl sites for hydroxylation is 3. The highest BCUT2D eigenvalue weighted by atomic mass is 16.1. The molecule has 0 aliphatic heterocycles. The van der Waals surface area contributed by atoms with Gasteiger partial charge in [-0.25, -0.2) is 9.97 Å². The second-order valence-corrected chi connectivity index (χ2v) is 6.91. The van der Waals surface area contributed by atoms with Crippen LogP contribution in [0.15, 0.2) is 48.8 Å². The van der Waals surface area contributed by atoms with Gasteiger partial charge in [0.05, 0.1) is 0 Å². The molecule has 0 radical (unpaired) electrons. The molecule has 0 aliphatic rings. The highest BCUT2D eigenvalue weighted by Gasteiger charge is 2.15. The summed E-state index contributed by atoms with van der Waals surface area (Å²) < 4.78 is 0. The van der Waals surface area contributed by atoms with Crippen LogP contribution in [0, 0.1) is 20.8 Å². The topological polar surface area (TPSA) is 71.0 Å². The molecule has 0 spiro atoms. The van der Waals surface area contributed by atoms with Crippen molar-refractivity contribution in [2.75, 3.05) is 23.8 Å². The molecular weight excluding hydrogens is 350 g/mol. The number of hydrogen-bond donors (Lipinski definition) is 1. The maximum Gasteiger partial charge on any atom is 0.274 e. The van der Waals surface area contributed by atoms with Crippen LogP contribution in [0.25, 0.3) is 0 Å². The Morgan fingerprint density at radius 1 is 1.04 bits per heavy atom. The fraction of sp³-hybridized carbons (Fsp3) is 0.273. The van der Waals surface area contributed by atoms with Gasteiger partial charge >= 0.3 is 0 Å². The average Bonchev–Trinajstić information content (AvgIpc) is 2.69. The van der Waals surface area contributed by atoms with Crippen LogP contribution in [0.5, 0.6) is 0 Å². The molecule has 2 aromatic heterocycles. The molecule has 0 bridgehead atoms. The molecular formula is C22H25N5O. The molecule has 6 heteroatoms. The number of carbonyl (C=O) groups is 1. The van der Waals surface area contributed by atoms with Gasteiger partial charge in [-0.3, -0.25) is 9.78 Å². The van der Waals surface area contributed by atoms with E-state index in [1.165, 1.54) is 5.56 Å². The van der Waals surface area contributed by atoms with Gasteiger partial charge in [-0.15, -0.1) is 0 Å².